The summed E-state index contributed by atoms with van der Waals surface area (Å²) in [4.78, 5) is 16.2. The molecule has 8 heteroatoms. The van der Waals surface area contributed by atoms with Gasteiger partial charge in [0.1, 0.15) is 5.75 Å². The number of phenolic OH excluding ortho intramolecular Hbond substituents is 1. The molecule has 1 fully saturated rings. The van der Waals surface area contributed by atoms with Crippen LogP contribution in [0.2, 0.25) is 0 Å². The highest BCUT2D eigenvalue weighted by molar-refractivity contribution is 5.85. The number of phenols is 1. The minimum absolute atomic E-state index is 0.0123. The molecule has 0 radical (unpaired) electrons. The molecule has 5 nitrogen and oxygen atoms in total. The molecule has 2 aromatic carbocycles. The number of para-hydroxylation sites is 2. The van der Waals surface area contributed by atoms with Crippen molar-refractivity contribution < 1.29 is 23.1 Å². The number of rotatable bonds is 1. The first kappa shape index (κ1) is 22.3. The van der Waals surface area contributed by atoms with Crippen molar-refractivity contribution in [2.75, 3.05) is 30.3 Å². The molecular weight excluding hydrogens is 419 g/mol. The quantitative estimate of drug-likeness (QED) is 0.600. The van der Waals surface area contributed by atoms with Gasteiger partial charge in [0, 0.05) is 30.5 Å². The van der Waals surface area contributed by atoms with Gasteiger partial charge in [0.25, 0.3) is 0 Å². The van der Waals surface area contributed by atoms with Gasteiger partial charge >= 0.3 is 6.18 Å². The Morgan fingerprint density at radius 1 is 1.06 bits per heavy atom. The third-order valence-electron chi connectivity index (χ3n) is 6.60. The molecule has 0 saturated carbocycles. The minimum Gasteiger partial charge on any atom is -0.506 e. The second-order valence-electron chi connectivity index (χ2n) is 9.82. The number of alkyl halides is 3. The zero-order valence-corrected chi connectivity index (χ0v) is 18.5. The number of hydrogen-bond acceptors (Lipinski definition) is 4. The number of amides is 1. The van der Waals surface area contributed by atoms with E-state index in [0.717, 1.165) is 12.1 Å². The molecule has 0 aliphatic carbocycles. The highest BCUT2D eigenvalue weighted by atomic mass is 19.4. The Kier molecular flexibility index (Phi) is 5.10. The lowest BCUT2D eigenvalue weighted by molar-refractivity contribution is -0.142. The van der Waals surface area contributed by atoms with E-state index < -0.39 is 22.6 Å². The summed E-state index contributed by atoms with van der Waals surface area (Å²) in [6.07, 6.45) is -3.82. The van der Waals surface area contributed by atoms with Crippen molar-refractivity contribution in [2.24, 2.45) is 5.41 Å². The number of halogens is 3. The number of hydrogen-bond donors (Lipinski definition) is 2. The zero-order chi connectivity index (χ0) is 23.5. The van der Waals surface area contributed by atoms with Gasteiger partial charge in [-0.15, -0.1) is 0 Å². The SMILES string of the molecule is CC(C)(C)C(=O)N1CCC2(CC1)CN(c1ccccc1N)c1c(O)ccc(C(F)(F)F)c12. The maximum Gasteiger partial charge on any atom is 0.416 e. The number of nitrogens with zero attached hydrogens (tertiary/aromatic N) is 2. The average Bonchev–Trinajstić information content (AvgIpc) is 3.02. The molecule has 3 N–H and O–H groups in total. The maximum atomic E-state index is 14.1. The van der Waals surface area contributed by atoms with Gasteiger partial charge in [0.2, 0.25) is 5.91 Å². The number of aromatic hydroxyl groups is 1. The van der Waals surface area contributed by atoms with Crippen LogP contribution < -0.4 is 10.6 Å². The topological polar surface area (TPSA) is 69.8 Å². The average molecular weight is 448 g/mol. The number of carbonyl (C=O) groups excluding carboxylic acids is 1. The van der Waals surface area contributed by atoms with Crippen LogP contribution in [0.1, 0.15) is 44.7 Å². The molecular formula is C24H28F3N3O2. The normalized spacial score (nSPS) is 18.2. The molecule has 0 unspecified atom stereocenters. The number of nitrogens with two attached hydrogens (primary N) is 1. The lowest BCUT2D eigenvalue weighted by atomic mass is 9.72. The summed E-state index contributed by atoms with van der Waals surface area (Å²) >= 11 is 0. The number of fused-ring (bicyclic) bond motifs is 2. The van der Waals surface area contributed by atoms with E-state index in [4.69, 9.17) is 5.73 Å². The predicted octanol–water partition coefficient (Wildman–Crippen LogP) is 5.05. The van der Waals surface area contributed by atoms with Crippen molar-refractivity contribution in [2.45, 2.75) is 45.2 Å². The smallest absolute Gasteiger partial charge is 0.416 e. The Bertz CT molecular complexity index is 1050. The molecule has 2 heterocycles. The van der Waals surface area contributed by atoms with E-state index in [1.54, 1.807) is 34.1 Å². The molecule has 0 aromatic heterocycles. The van der Waals surface area contributed by atoms with Gasteiger partial charge in [0.05, 0.1) is 22.6 Å². The van der Waals surface area contributed by atoms with Crippen LogP contribution in [0, 0.1) is 5.41 Å². The van der Waals surface area contributed by atoms with E-state index in [1.165, 1.54) is 0 Å². The largest absolute Gasteiger partial charge is 0.506 e. The molecule has 2 aliphatic rings. The van der Waals surface area contributed by atoms with Crippen LogP contribution in [-0.2, 0) is 16.4 Å². The van der Waals surface area contributed by atoms with Crippen molar-refractivity contribution in [1.82, 2.24) is 4.90 Å². The van der Waals surface area contributed by atoms with Crippen molar-refractivity contribution in [3.8, 4) is 5.75 Å². The van der Waals surface area contributed by atoms with Gasteiger partial charge < -0.3 is 20.6 Å². The summed E-state index contributed by atoms with van der Waals surface area (Å²) in [6, 6.07) is 9.02. The first-order chi connectivity index (χ1) is 14.8. The molecule has 2 aliphatic heterocycles. The number of carbonyl (C=O) groups is 1. The molecule has 0 bridgehead atoms. The summed E-state index contributed by atoms with van der Waals surface area (Å²) < 4.78 is 42.3. The highest BCUT2D eigenvalue weighted by Crippen LogP contribution is 2.57. The molecule has 1 amide bonds. The van der Waals surface area contributed by atoms with Gasteiger partial charge in [-0.1, -0.05) is 32.9 Å². The van der Waals surface area contributed by atoms with Crippen LogP contribution in [0.5, 0.6) is 5.75 Å². The number of piperidine rings is 1. The van der Waals surface area contributed by atoms with Gasteiger partial charge in [-0.2, -0.15) is 13.2 Å². The fraction of sp³-hybridized carbons (Fsp3) is 0.458. The van der Waals surface area contributed by atoms with E-state index >= 15 is 0 Å². The zero-order valence-electron chi connectivity index (χ0n) is 18.5. The molecule has 0 atom stereocenters. The molecule has 1 saturated heterocycles. The van der Waals surface area contributed by atoms with Gasteiger partial charge in [-0.25, -0.2) is 0 Å². The monoisotopic (exact) mass is 447 g/mol. The second-order valence-corrected chi connectivity index (χ2v) is 9.82. The fourth-order valence-electron chi connectivity index (χ4n) is 5.05. The number of anilines is 3. The third-order valence-corrected chi connectivity index (χ3v) is 6.60. The van der Waals surface area contributed by atoms with Crippen LogP contribution in [0.15, 0.2) is 36.4 Å². The summed E-state index contributed by atoms with van der Waals surface area (Å²) in [7, 11) is 0. The van der Waals surface area contributed by atoms with E-state index in [9.17, 15) is 23.1 Å². The van der Waals surface area contributed by atoms with Gasteiger partial charge in [-0.3, -0.25) is 4.79 Å². The second kappa shape index (κ2) is 7.32. The summed E-state index contributed by atoms with van der Waals surface area (Å²) in [5.74, 6) is -0.219. The lowest BCUT2D eigenvalue weighted by Gasteiger charge is -2.42. The van der Waals surface area contributed by atoms with Crippen molar-refractivity contribution in [1.29, 1.82) is 0 Å². The molecule has 4 rings (SSSR count). The Morgan fingerprint density at radius 2 is 1.69 bits per heavy atom. The molecule has 2 aromatic rings. The molecule has 1 spiro atoms. The van der Waals surface area contributed by atoms with Crippen LogP contribution in [0.3, 0.4) is 0 Å². The predicted molar refractivity (Wildman–Crippen MR) is 118 cm³/mol. The number of likely N-dealkylation sites (tertiary alicyclic amines) is 1. The Labute approximate surface area is 185 Å². The first-order valence-corrected chi connectivity index (χ1v) is 10.7. The van der Waals surface area contributed by atoms with Crippen LogP contribution in [0.4, 0.5) is 30.2 Å². The standard InChI is InChI=1S/C24H28F3N3O2/c1-22(2,3)21(32)29-12-10-23(11-13-29)14-30(17-7-5-4-6-16(17)28)20-18(31)9-8-15(19(20)23)24(25,26)27/h4-9,31H,10-14,28H2,1-3H3. The Hall–Kier alpha value is -2.90. The fourth-order valence-corrected chi connectivity index (χ4v) is 5.05. The first-order valence-electron chi connectivity index (χ1n) is 10.7. The van der Waals surface area contributed by atoms with Gasteiger partial charge in [0.15, 0.2) is 0 Å². The van der Waals surface area contributed by atoms with Crippen LogP contribution in [-0.4, -0.2) is 35.5 Å². The molecule has 172 valence electrons. The van der Waals surface area contributed by atoms with Crippen LogP contribution >= 0.6 is 0 Å². The van der Waals surface area contributed by atoms with E-state index in [1.807, 2.05) is 20.8 Å². The van der Waals surface area contributed by atoms with Crippen molar-refractivity contribution >= 4 is 23.0 Å². The van der Waals surface area contributed by atoms with Crippen LogP contribution in [0.25, 0.3) is 0 Å². The van der Waals surface area contributed by atoms with Crippen molar-refractivity contribution in [3.05, 3.63) is 47.5 Å². The van der Waals surface area contributed by atoms with Gasteiger partial charge in [-0.05, 0) is 42.7 Å². The lowest BCUT2D eigenvalue weighted by Crippen LogP contribution is -2.50. The number of nitrogen functional groups attached to an aromatic ring is 1. The summed E-state index contributed by atoms with van der Waals surface area (Å²) in [6.45, 7) is 6.49. The molecule has 32 heavy (non-hydrogen) atoms. The number of benzene rings is 2. The summed E-state index contributed by atoms with van der Waals surface area (Å²) in [5.41, 5.74) is 5.27. The highest BCUT2D eigenvalue weighted by Gasteiger charge is 2.52. The van der Waals surface area contributed by atoms with E-state index in [-0.39, 0.29) is 29.5 Å². The Morgan fingerprint density at radius 3 is 2.25 bits per heavy atom. The van der Waals surface area contributed by atoms with E-state index in [0.29, 0.717) is 37.3 Å². The third kappa shape index (κ3) is 3.55. The van der Waals surface area contributed by atoms with Crippen molar-refractivity contribution in [3.63, 3.8) is 0 Å². The Balaban J connectivity index is 1.83. The minimum atomic E-state index is -4.57. The van der Waals surface area contributed by atoms with E-state index in [2.05, 4.69) is 0 Å². The summed E-state index contributed by atoms with van der Waals surface area (Å²) in [5, 5.41) is 10.7. The maximum absolute atomic E-state index is 14.1.